The van der Waals surface area contributed by atoms with Crippen LogP contribution in [0.25, 0.3) is 10.4 Å². The number of nitrogens with zero attached hydrogens (tertiary/aromatic N) is 2. The highest BCUT2D eigenvalue weighted by Gasteiger charge is 2.20. The number of thiophene rings is 1. The monoisotopic (exact) mass is 415 g/mol. The number of primary amides is 1. The van der Waals surface area contributed by atoms with Gasteiger partial charge in [-0.1, -0.05) is 30.3 Å². The van der Waals surface area contributed by atoms with Gasteiger partial charge in [-0.3, -0.25) is 9.48 Å². The maximum Gasteiger partial charge on any atom is 0.340 e. The summed E-state index contributed by atoms with van der Waals surface area (Å²) < 4.78 is 6.22. The van der Waals surface area contributed by atoms with Crippen LogP contribution in [0.5, 0.6) is 0 Å². The number of amides is 1. The molecule has 0 unspecified atom stereocenters. The number of nitrogens with two attached hydrogens (primary N) is 1. The van der Waals surface area contributed by atoms with Crippen LogP contribution in [-0.2, 0) is 11.8 Å². The van der Waals surface area contributed by atoms with Crippen molar-refractivity contribution in [3.63, 3.8) is 0 Å². The molecule has 0 saturated heterocycles. The van der Waals surface area contributed by atoms with Crippen LogP contribution in [0.15, 0.2) is 42.6 Å². The van der Waals surface area contributed by atoms with E-state index in [1.54, 1.807) is 13.1 Å². The SMILES string of the molecule is COC(=O)c1cc(-c2ccccc2)sc1NC(=S)Nc1cnn(C)c1C(N)=O. The molecule has 0 aliphatic rings. The second-order valence-corrected chi connectivity index (χ2v) is 7.15. The molecule has 2 heterocycles. The molecular formula is C18H17N5O3S2. The molecule has 0 radical (unpaired) electrons. The number of hydrogen-bond acceptors (Lipinski definition) is 6. The zero-order valence-electron chi connectivity index (χ0n) is 15.1. The lowest BCUT2D eigenvalue weighted by molar-refractivity contribution is 0.0602. The Kier molecular flexibility index (Phi) is 5.71. The van der Waals surface area contributed by atoms with Crippen molar-refractivity contribution in [1.82, 2.24) is 9.78 Å². The number of anilines is 2. The Morgan fingerprint density at radius 3 is 2.61 bits per heavy atom. The van der Waals surface area contributed by atoms with Gasteiger partial charge in [0.2, 0.25) is 0 Å². The number of hydrogen-bond donors (Lipinski definition) is 3. The lowest BCUT2D eigenvalue weighted by atomic mass is 10.1. The number of esters is 1. The second-order valence-electron chi connectivity index (χ2n) is 5.68. The van der Waals surface area contributed by atoms with Crippen LogP contribution in [-0.4, -0.2) is 33.9 Å². The third kappa shape index (κ3) is 4.02. The summed E-state index contributed by atoms with van der Waals surface area (Å²) in [4.78, 5) is 24.6. The molecule has 8 nitrogen and oxygen atoms in total. The Bertz CT molecular complexity index is 1040. The van der Waals surface area contributed by atoms with E-state index in [-0.39, 0.29) is 10.8 Å². The van der Waals surface area contributed by atoms with Crippen LogP contribution in [0.1, 0.15) is 20.8 Å². The number of nitrogens with one attached hydrogen (secondary N) is 2. The van der Waals surface area contributed by atoms with E-state index in [1.807, 2.05) is 30.3 Å². The molecule has 0 spiro atoms. The zero-order chi connectivity index (χ0) is 20.3. The van der Waals surface area contributed by atoms with E-state index in [0.29, 0.717) is 16.3 Å². The van der Waals surface area contributed by atoms with E-state index in [9.17, 15) is 9.59 Å². The summed E-state index contributed by atoms with van der Waals surface area (Å²) in [7, 11) is 2.92. The third-order valence-electron chi connectivity index (χ3n) is 3.84. The zero-order valence-corrected chi connectivity index (χ0v) is 16.7. The largest absolute Gasteiger partial charge is 0.465 e. The summed E-state index contributed by atoms with van der Waals surface area (Å²) in [5, 5.41) is 10.6. The average Bonchev–Trinajstić information content (AvgIpc) is 3.25. The topological polar surface area (TPSA) is 111 Å². The highest BCUT2D eigenvalue weighted by atomic mass is 32.1. The predicted octanol–water partition coefficient (Wildman–Crippen LogP) is 2.84. The first-order valence-electron chi connectivity index (χ1n) is 8.08. The number of carbonyl (C=O) groups is 2. The number of carbonyl (C=O) groups excluding carboxylic acids is 2. The normalized spacial score (nSPS) is 10.4. The molecule has 144 valence electrons. The van der Waals surface area contributed by atoms with Crippen molar-refractivity contribution >= 4 is 51.2 Å². The van der Waals surface area contributed by atoms with Gasteiger partial charge in [-0.15, -0.1) is 11.3 Å². The first-order valence-corrected chi connectivity index (χ1v) is 9.30. The minimum Gasteiger partial charge on any atom is -0.465 e. The molecule has 0 bridgehead atoms. The van der Waals surface area contributed by atoms with Crippen LogP contribution >= 0.6 is 23.6 Å². The quantitative estimate of drug-likeness (QED) is 0.434. The number of rotatable bonds is 5. The maximum atomic E-state index is 12.2. The lowest BCUT2D eigenvalue weighted by Gasteiger charge is -2.10. The number of benzene rings is 1. The van der Waals surface area contributed by atoms with Crippen LogP contribution < -0.4 is 16.4 Å². The van der Waals surface area contributed by atoms with Gasteiger partial charge in [-0.05, 0) is 23.8 Å². The number of aromatic nitrogens is 2. The Labute approximate surface area is 170 Å². The highest BCUT2D eigenvalue weighted by Crippen LogP contribution is 2.36. The van der Waals surface area contributed by atoms with Gasteiger partial charge in [0.15, 0.2) is 5.11 Å². The van der Waals surface area contributed by atoms with Gasteiger partial charge in [-0.25, -0.2) is 4.79 Å². The second kappa shape index (κ2) is 8.19. The van der Waals surface area contributed by atoms with Crippen LogP contribution in [0.4, 0.5) is 10.7 Å². The summed E-state index contributed by atoms with van der Waals surface area (Å²) in [5.41, 5.74) is 7.25. The summed E-state index contributed by atoms with van der Waals surface area (Å²) in [6.07, 6.45) is 1.44. The fraction of sp³-hybridized carbons (Fsp3) is 0.111. The molecule has 0 aliphatic carbocycles. The molecule has 28 heavy (non-hydrogen) atoms. The van der Waals surface area contributed by atoms with Crippen molar-refractivity contribution in [2.45, 2.75) is 0 Å². The minimum absolute atomic E-state index is 0.183. The Morgan fingerprint density at radius 1 is 1.25 bits per heavy atom. The molecule has 0 saturated carbocycles. The first-order chi connectivity index (χ1) is 13.4. The molecule has 0 aliphatic heterocycles. The first kappa shape index (κ1) is 19.5. The summed E-state index contributed by atoms with van der Waals surface area (Å²) in [6, 6.07) is 11.4. The van der Waals surface area contributed by atoms with E-state index in [1.165, 1.54) is 29.3 Å². The fourth-order valence-electron chi connectivity index (χ4n) is 2.57. The molecule has 2 aromatic heterocycles. The molecule has 3 aromatic rings. The molecule has 10 heteroatoms. The van der Waals surface area contributed by atoms with Gasteiger partial charge in [0.05, 0.1) is 24.6 Å². The van der Waals surface area contributed by atoms with Crippen molar-refractivity contribution in [2.75, 3.05) is 17.7 Å². The van der Waals surface area contributed by atoms with Crippen molar-refractivity contribution in [1.29, 1.82) is 0 Å². The molecule has 3 rings (SSSR count). The van der Waals surface area contributed by atoms with E-state index >= 15 is 0 Å². The number of methoxy groups -OCH3 is 1. The molecule has 0 atom stereocenters. The summed E-state index contributed by atoms with van der Waals surface area (Å²) >= 11 is 6.68. The van der Waals surface area contributed by atoms with Crippen molar-refractivity contribution in [3.05, 3.63) is 53.9 Å². The van der Waals surface area contributed by atoms with Crippen molar-refractivity contribution in [2.24, 2.45) is 12.8 Å². The summed E-state index contributed by atoms with van der Waals surface area (Å²) in [5.74, 6) is -1.12. The van der Waals surface area contributed by atoms with Crippen LogP contribution in [0.3, 0.4) is 0 Å². The predicted molar refractivity (Wildman–Crippen MR) is 113 cm³/mol. The van der Waals surface area contributed by atoms with Gasteiger partial charge in [-0.2, -0.15) is 5.10 Å². The standard InChI is InChI=1S/C18H17N5O3S2/c1-23-14(15(19)24)12(9-20-23)21-18(27)22-16-11(17(25)26-2)8-13(28-16)10-6-4-3-5-7-10/h3-9H,1-2H3,(H2,19,24)(H2,21,22,27). The third-order valence-corrected chi connectivity index (χ3v) is 5.15. The number of thiocarbonyl (C=S) groups is 1. The minimum atomic E-state index is -0.636. The van der Waals surface area contributed by atoms with Crippen molar-refractivity contribution in [3.8, 4) is 10.4 Å². The van der Waals surface area contributed by atoms with Crippen LogP contribution in [0.2, 0.25) is 0 Å². The van der Waals surface area contributed by atoms with Gasteiger partial charge in [0, 0.05) is 11.9 Å². The highest BCUT2D eigenvalue weighted by molar-refractivity contribution is 7.80. The van der Waals surface area contributed by atoms with Gasteiger partial charge >= 0.3 is 5.97 Å². The van der Waals surface area contributed by atoms with Crippen molar-refractivity contribution < 1.29 is 14.3 Å². The molecule has 4 N–H and O–H groups in total. The summed E-state index contributed by atoms with van der Waals surface area (Å²) in [6.45, 7) is 0. The van der Waals surface area contributed by atoms with E-state index in [0.717, 1.165) is 10.4 Å². The molecule has 1 aromatic carbocycles. The number of aryl methyl sites for hydroxylation is 1. The van der Waals surface area contributed by atoms with E-state index in [2.05, 4.69) is 15.7 Å². The molecular weight excluding hydrogens is 398 g/mol. The van der Waals surface area contributed by atoms with Gasteiger partial charge < -0.3 is 21.1 Å². The number of ether oxygens (including phenoxy) is 1. The Hall–Kier alpha value is -3.24. The molecule has 0 fully saturated rings. The Morgan fingerprint density at radius 2 is 1.96 bits per heavy atom. The van der Waals surface area contributed by atoms with Crippen LogP contribution in [0, 0.1) is 0 Å². The lowest BCUT2D eigenvalue weighted by Crippen LogP contribution is -2.23. The van der Waals surface area contributed by atoms with E-state index in [4.69, 9.17) is 22.7 Å². The maximum absolute atomic E-state index is 12.2. The van der Waals surface area contributed by atoms with E-state index < -0.39 is 11.9 Å². The van der Waals surface area contributed by atoms with Gasteiger partial charge in [0.25, 0.3) is 5.91 Å². The fourth-order valence-corrected chi connectivity index (χ4v) is 3.90. The average molecular weight is 416 g/mol. The molecule has 1 amide bonds. The smallest absolute Gasteiger partial charge is 0.340 e. The Balaban J connectivity index is 1.87. The van der Waals surface area contributed by atoms with Gasteiger partial charge in [0.1, 0.15) is 10.7 Å².